The molecule has 3 unspecified atom stereocenters. The third kappa shape index (κ3) is 5.15. The van der Waals surface area contributed by atoms with E-state index in [-0.39, 0.29) is 24.3 Å². The standard InChI is InChI=1S/C30H34Cl2N2O4/c31-25-4-2-1-3-21(25)16-33-27(35)17-38-24-6-5-19(26(32)12-24)11-20-7-8-34(29(20)36)28-22-9-18-10-23(28)15-30(37,13-18)14-22/h1-6,12,18,20,22-23,28,37H,7-11,13-17H2,(H,33,35). The number of carbonyl (C=O) groups is 2. The molecule has 5 fully saturated rings. The summed E-state index contributed by atoms with van der Waals surface area (Å²) in [5.41, 5.74) is 1.28. The minimum Gasteiger partial charge on any atom is -0.484 e. The van der Waals surface area contributed by atoms with Crippen LogP contribution in [-0.4, -0.2) is 46.6 Å². The summed E-state index contributed by atoms with van der Waals surface area (Å²) < 4.78 is 5.65. The van der Waals surface area contributed by atoms with Crippen LogP contribution in [0.15, 0.2) is 42.5 Å². The molecule has 2 aromatic carbocycles. The number of ether oxygens (including phenoxy) is 1. The molecule has 1 aliphatic heterocycles. The van der Waals surface area contributed by atoms with Crippen molar-refractivity contribution in [3.63, 3.8) is 0 Å². The van der Waals surface area contributed by atoms with Crippen molar-refractivity contribution in [2.75, 3.05) is 13.2 Å². The number of nitrogens with one attached hydrogen (secondary N) is 1. The highest BCUT2D eigenvalue weighted by Crippen LogP contribution is 2.57. The van der Waals surface area contributed by atoms with Crippen molar-refractivity contribution in [2.24, 2.45) is 23.7 Å². The van der Waals surface area contributed by atoms with Gasteiger partial charge in [0.25, 0.3) is 5.91 Å². The quantitative estimate of drug-likeness (QED) is 0.478. The number of likely N-dealkylation sites (tertiary alicyclic amines) is 1. The molecule has 4 aliphatic carbocycles. The molecular weight excluding hydrogens is 523 g/mol. The van der Waals surface area contributed by atoms with E-state index < -0.39 is 5.60 Å². The van der Waals surface area contributed by atoms with E-state index in [4.69, 9.17) is 27.9 Å². The summed E-state index contributed by atoms with van der Waals surface area (Å²) >= 11 is 12.7. The molecule has 2 N–H and O–H groups in total. The Labute approximate surface area is 233 Å². The zero-order valence-electron chi connectivity index (χ0n) is 21.4. The molecule has 0 spiro atoms. The van der Waals surface area contributed by atoms with E-state index in [0.29, 0.717) is 52.6 Å². The molecule has 1 saturated heterocycles. The first kappa shape index (κ1) is 26.0. The maximum Gasteiger partial charge on any atom is 0.258 e. The van der Waals surface area contributed by atoms with Crippen molar-refractivity contribution in [3.05, 3.63) is 63.6 Å². The number of aliphatic hydroxyl groups is 1. The van der Waals surface area contributed by atoms with E-state index in [0.717, 1.165) is 56.2 Å². The number of benzene rings is 2. The van der Waals surface area contributed by atoms with Crippen LogP contribution >= 0.6 is 23.2 Å². The predicted molar refractivity (Wildman–Crippen MR) is 146 cm³/mol. The molecule has 7 rings (SSSR count). The second-order valence-corrected chi connectivity index (χ2v) is 12.6. The smallest absolute Gasteiger partial charge is 0.258 e. The molecule has 2 amide bonds. The first-order valence-corrected chi connectivity index (χ1v) is 14.5. The largest absolute Gasteiger partial charge is 0.484 e. The normalized spacial score (nSPS) is 31.6. The van der Waals surface area contributed by atoms with Gasteiger partial charge in [0, 0.05) is 35.1 Å². The van der Waals surface area contributed by atoms with Crippen LogP contribution < -0.4 is 10.1 Å². The number of carbonyl (C=O) groups excluding carboxylic acids is 2. The number of hydrogen-bond acceptors (Lipinski definition) is 4. The van der Waals surface area contributed by atoms with Crippen LogP contribution in [0.25, 0.3) is 0 Å². The molecule has 6 nitrogen and oxygen atoms in total. The van der Waals surface area contributed by atoms with Crippen molar-refractivity contribution >= 4 is 35.0 Å². The van der Waals surface area contributed by atoms with Gasteiger partial charge < -0.3 is 20.1 Å². The van der Waals surface area contributed by atoms with Crippen LogP contribution in [0, 0.1) is 23.7 Å². The third-order valence-corrected chi connectivity index (χ3v) is 9.92. The van der Waals surface area contributed by atoms with Crippen LogP contribution in [0.2, 0.25) is 10.0 Å². The van der Waals surface area contributed by atoms with Gasteiger partial charge in [0.1, 0.15) is 5.75 Å². The second kappa shape index (κ2) is 10.4. The van der Waals surface area contributed by atoms with Crippen molar-refractivity contribution in [2.45, 2.75) is 63.1 Å². The van der Waals surface area contributed by atoms with Gasteiger partial charge >= 0.3 is 0 Å². The molecule has 8 heteroatoms. The van der Waals surface area contributed by atoms with Gasteiger partial charge in [0.05, 0.1) is 5.60 Å². The van der Waals surface area contributed by atoms with Gasteiger partial charge in [-0.15, -0.1) is 0 Å². The summed E-state index contributed by atoms with van der Waals surface area (Å²) in [5.74, 6) is 1.94. The summed E-state index contributed by atoms with van der Waals surface area (Å²) in [7, 11) is 0. The topological polar surface area (TPSA) is 78.9 Å². The minimum atomic E-state index is -0.483. The fourth-order valence-electron chi connectivity index (χ4n) is 7.80. The van der Waals surface area contributed by atoms with Crippen LogP contribution in [0.5, 0.6) is 5.75 Å². The molecule has 3 atom stereocenters. The van der Waals surface area contributed by atoms with Gasteiger partial charge in [-0.25, -0.2) is 0 Å². The van der Waals surface area contributed by atoms with Gasteiger partial charge in [-0.2, -0.15) is 0 Å². The monoisotopic (exact) mass is 556 g/mol. The molecule has 38 heavy (non-hydrogen) atoms. The van der Waals surface area contributed by atoms with E-state index in [9.17, 15) is 14.7 Å². The lowest BCUT2D eigenvalue weighted by Gasteiger charge is -2.59. The summed E-state index contributed by atoms with van der Waals surface area (Å²) in [6, 6.07) is 13.1. The fraction of sp³-hybridized carbons (Fsp3) is 0.533. The number of rotatable bonds is 8. The Kier molecular flexibility index (Phi) is 7.08. The summed E-state index contributed by atoms with van der Waals surface area (Å²) in [6.07, 6.45) is 6.40. The number of halogens is 2. The second-order valence-electron chi connectivity index (χ2n) is 11.8. The Morgan fingerprint density at radius 1 is 1.05 bits per heavy atom. The predicted octanol–water partition coefficient (Wildman–Crippen LogP) is 5.02. The van der Waals surface area contributed by atoms with Crippen molar-refractivity contribution < 1.29 is 19.4 Å². The highest BCUT2D eigenvalue weighted by atomic mass is 35.5. The minimum absolute atomic E-state index is 0.0740. The van der Waals surface area contributed by atoms with Gasteiger partial charge in [-0.1, -0.05) is 47.5 Å². The highest BCUT2D eigenvalue weighted by molar-refractivity contribution is 6.31. The average molecular weight is 558 g/mol. The maximum absolute atomic E-state index is 13.5. The van der Waals surface area contributed by atoms with Crippen LogP contribution in [-0.2, 0) is 22.6 Å². The van der Waals surface area contributed by atoms with E-state index in [1.54, 1.807) is 18.2 Å². The molecule has 4 saturated carbocycles. The highest BCUT2D eigenvalue weighted by Gasteiger charge is 2.57. The molecule has 0 radical (unpaired) electrons. The van der Waals surface area contributed by atoms with Crippen molar-refractivity contribution in [1.29, 1.82) is 0 Å². The van der Waals surface area contributed by atoms with Gasteiger partial charge in [-0.3, -0.25) is 9.59 Å². The van der Waals surface area contributed by atoms with E-state index in [1.807, 2.05) is 24.3 Å². The van der Waals surface area contributed by atoms with E-state index in [1.165, 1.54) is 0 Å². The lowest BCUT2D eigenvalue weighted by molar-refractivity contribution is -0.168. The van der Waals surface area contributed by atoms with Crippen molar-refractivity contribution in [1.82, 2.24) is 10.2 Å². The number of hydrogen-bond donors (Lipinski definition) is 2. The van der Waals surface area contributed by atoms with E-state index in [2.05, 4.69) is 10.2 Å². The van der Waals surface area contributed by atoms with Crippen LogP contribution in [0.1, 0.15) is 49.7 Å². The Balaban J connectivity index is 1.02. The number of amides is 2. The van der Waals surface area contributed by atoms with Crippen LogP contribution in [0.3, 0.4) is 0 Å². The van der Waals surface area contributed by atoms with Gasteiger partial charge in [0.2, 0.25) is 5.91 Å². The molecule has 5 aliphatic rings. The van der Waals surface area contributed by atoms with Gasteiger partial charge in [0.15, 0.2) is 6.61 Å². The summed E-state index contributed by atoms with van der Waals surface area (Å²) in [5, 5.41) is 14.9. The fourth-order valence-corrected chi connectivity index (χ4v) is 8.25. The first-order valence-electron chi connectivity index (χ1n) is 13.7. The van der Waals surface area contributed by atoms with Crippen LogP contribution in [0.4, 0.5) is 0 Å². The average Bonchev–Trinajstić information content (AvgIpc) is 3.22. The molecular formula is C30H34Cl2N2O4. The van der Waals surface area contributed by atoms with E-state index >= 15 is 0 Å². The van der Waals surface area contributed by atoms with Crippen molar-refractivity contribution in [3.8, 4) is 5.75 Å². The lowest BCUT2D eigenvalue weighted by atomic mass is 9.52. The summed E-state index contributed by atoms with van der Waals surface area (Å²) in [4.78, 5) is 27.9. The Morgan fingerprint density at radius 2 is 1.82 bits per heavy atom. The Morgan fingerprint density at radius 3 is 2.53 bits per heavy atom. The first-order chi connectivity index (χ1) is 18.3. The Hall–Kier alpha value is -2.28. The lowest BCUT2D eigenvalue weighted by Crippen LogP contribution is -2.62. The number of nitrogens with zero attached hydrogens (tertiary/aromatic N) is 1. The summed E-state index contributed by atoms with van der Waals surface area (Å²) in [6.45, 7) is 1.00. The zero-order chi connectivity index (χ0) is 26.4. The van der Waals surface area contributed by atoms with Gasteiger partial charge in [-0.05, 0) is 92.0 Å². The zero-order valence-corrected chi connectivity index (χ0v) is 22.9. The molecule has 0 aromatic heterocycles. The SMILES string of the molecule is O=C(COc1ccc(CC2CCN(C3C4CC5CC3CC(O)(C5)C4)C2=O)c(Cl)c1)NCc1ccccc1Cl. The maximum atomic E-state index is 13.5. The molecule has 4 bridgehead atoms. The molecule has 2 aromatic rings. The molecule has 1 heterocycles. The molecule has 202 valence electrons. The third-order valence-electron chi connectivity index (χ3n) is 9.20. The Bertz CT molecular complexity index is 1220.